The van der Waals surface area contributed by atoms with Gasteiger partial charge in [0.1, 0.15) is 17.4 Å². The lowest BCUT2D eigenvalue weighted by Gasteiger charge is -2.11. The van der Waals surface area contributed by atoms with E-state index in [-0.39, 0.29) is 0 Å². The van der Waals surface area contributed by atoms with Gasteiger partial charge in [0.05, 0.1) is 0 Å². The van der Waals surface area contributed by atoms with E-state index in [1.807, 2.05) is 99.0 Å². The normalized spacial score (nSPS) is 11.2. The van der Waals surface area contributed by atoms with E-state index in [9.17, 15) is 5.26 Å². The fourth-order valence-electron chi connectivity index (χ4n) is 3.44. The Bertz CT molecular complexity index is 1280. The fraction of sp³-hybridized carbons (Fsp3) is 0.0714. The Kier molecular flexibility index (Phi) is 6.29. The molecule has 0 fully saturated rings. The van der Waals surface area contributed by atoms with Crippen molar-refractivity contribution in [1.82, 2.24) is 0 Å². The van der Waals surface area contributed by atoms with Crippen molar-refractivity contribution in [2.45, 2.75) is 0 Å². The molecular weight excluding hydrogens is 394 g/mol. The summed E-state index contributed by atoms with van der Waals surface area (Å²) in [5.74, 6) is 0.946. The average molecular weight is 418 g/mol. The van der Waals surface area contributed by atoms with Crippen LogP contribution in [0.25, 0.3) is 28.5 Å². The molecule has 3 aromatic carbocycles. The largest absolute Gasteiger partial charge is 0.436 e. The van der Waals surface area contributed by atoms with Gasteiger partial charge in [0, 0.05) is 37.1 Å². The van der Waals surface area contributed by atoms with Crippen LogP contribution in [0.2, 0.25) is 0 Å². The van der Waals surface area contributed by atoms with Crippen molar-refractivity contribution in [2.24, 2.45) is 4.99 Å². The molecule has 4 nitrogen and oxygen atoms in total. The predicted molar refractivity (Wildman–Crippen MR) is 132 cm³/mol. The predicted octanol–water partition coefficient (Wildman–Crippen LogP) is 6.97. The molecule has 0 unspecified atom stereocenters. The van der Waals surface area contributed by atoms with Crippen molar-refractivity contribution in [2.75, 3.05) is 19.0 Å². The third-order valence-corrected chi connectivity index (χ3v) is 5.08. The van der Waals surface area contributed by atoms with Crippen LogP contribution in [0.5, 0.6) is 0 Å². The molecule has 0 aliphatic rings. The molecule has 4 heteroatoms. The number of allylic oxidation sites excluding steroid dienone is 1. The van der Waals surface area contributed by atoms with Crippen LogP contribution in [0.15, 0.2) is 100 Å². The molecule has 4 rings (SSSR count). The first kappa shape index (κ1) is 20.9. The van der Waals surface area contributed by atoms with E-state index < -0.39 is 0 Å². The van der Waals surface area contributed by atoms with Crippen LogP contribution in [0.3, 0.4) is 0 Å². The molecule has 0 radical (unpaired) electrons. The van der Waals surface area contributed by atoms with Crippen molar-refractivity contribution in [3.63, 3.8) is 0 Å². The van der Waals surface area contributed by atoms with E-state index >= 15 is 0 Å². The number of benzene rings is 3. The summed E-state index contributed by atoms with van der Waals surface area (Å²) in [7, 11) is 4.03. The van der Waals surface area contributed by atoms with Gasteiger partial charge in [-0.2, -0.15) is 5.26 Å². The quantitative estimate of drug-likeness (QED) is 0.318. The van der Waals surface area contributed by atoms with Crippen molar-refractivity contribution in [3.8, 4) is 28.5 Å². The second-order valence-electron chi connectivity index (χ2n) is 7.45. The Morgan fingerprint density at radius 3 is 2.06 bits per heavy atom. The molecule has 0 saturated heterocycles. The molecule has 0 saturated carbocycles. The highest BCUT2D eigenvalue weighted by atomic mass is 16.4. The van der Waals surface area contributed by atoms with Crippen LogP contribution >= 0.6 is 0 Å². The molecule has 1 heterocycles. The summed E-state index contributed by atoms with van der Waals surface area (Å²) >= 11 is 0. The fourth-order valence-corrected chi connectivity index (χ4v) is 3.44. The highest BCUT2D eigenvalue weighted by Crippen LogP contribution is 2.42. The monoisotopic (exact) mass is 417 g/mol. The van der Waals surface area contributed by atoms with Crippen molar-refractivity contribution < 1.29 is 4.42 Å². The number of furan rings is 1. The minimum Gasteiger partial charge on any atom is -0.436 e. The molecule has 1 aromatic heterocycles. The van der Waals surface area contributed by atoms with Gasteiger partial charge in [0.2, 0.25) is 5.88 Å². The van der Waals surface area contributed by atoms with Gasteiger partial charge in [-0.1, -0.05) is 78.9 Å². The van der Waals surface area contributed by atoms with Crippen LogP contribution in [0.1, 0.15) is 11.1 Å². The van der Waals surface area contributed by atoms with Gasteiger partial charge >= 0.3 is 0 Å². The van der Waals surface area contributed by atoms with Crippen LogP contribution < -0.4 is 4.90 Å². The molecule has 0 atom stereocenters. The first-order valence-electron chi connectivity index (χ1n) is 10.3. The molecule has 4 aromatic rings. The van der Waals surface area contributed by atoms with Gasteiger partial charge < -0.3 is 9.32 Å². The molecule has 32 heavy (non-hydrogen) atoms. The van der Waals surface area contributed by atoms with Crippen LogP contribution in [0, 0.1) is 11.3 Å². The van der Waals surface area contributed by atoms with E-state index in [4.69, 9.17) is 4.42 Å². The maximum Gasteiger partial charge on any atom is 0.238 e. The van der Waals surface area contributed by atoms with E-state index in [1.54, 1.807) is 6.21 Å². The Morgan fingerprint density at radius 1 is 0.844 bits per heavy atom. The van der Waals surface area contributed by atoms with E-state index in [2.05, 4.69) is 28.1 Å². The maximum absolute atomic E-state index is 9.92. The SMILES string of the molecule is CN(C)c1ccc(C=CC=Nc2oc(-c3ccccc3)c(-c3ccccc3)c2C#N)cc1. The van der Waals surface area contributed by atoms with E-state index in [1.165, 1.54) is 0 Å². The van der Waals surface area contributed by atoms with Gasteiger partial charge in [-0.3, -0.25) is 0 Å². The minimum absolute atomic E-state index is 0.304. The number of nitrogens with zero attached hydrogens (tertiary/aromatic N) is 3. The van der Waals surface area contributed by atoms with Crippen molar-refractivity contribution in [3.05, 3.63) is 102 Å². The third kappa shape index (κ3) is 4.53. The summed E-state index contributed by atoms with van der Waals surface area (Å²) < 4.78 is 6.11. The van der Waals surface area contributed by atoms with E-state index in [0.717, 1.165) is 27.9 Å². The second kappa shape index (κ2) is 9.63. The summed E-state index contributed by atoms with van der Waals surface area (Å²) in [6.45, 7) is 0. The summed E-state index contributed by atoms with van der Waals surface area (Å²) in [6.07, 6.45) is 5.47. The molecule has 0 aliphatic carbocycles. The zero-order valence-corrected chi connectivity index (χ0v) is 18.1. The van der Waals surface area contributed by atoms with Crippen molar-refractivity contribution in [1.29, 1.82) is 5.26 Å². The number of hydrogen-bond donors (Lipinski definition) is 0. The van der Waals surface area contributed by atoms with Crippen LogP contribution in [-0.2, 0) is 0 Å². The van der Waals surface area contributed by atoms with Gasteiger partial charge in [0.15, 0.2) is 0 Å². The Hall–Kier alpha value is -4.36. The molecule has 0 N–H and O–H groups in total. The summed E-state index contributed by atoms with van der Waals surface area (Å²) in [6, 6.07) is 30.1. The Morgan fingerprint density at radius 2 is 1.47 bits per heavy atom. The molecule has 156 valence electrons. The van der Waals surface area contributed by atoms with Gasteiger partial charge in [-0.15, -0.1) is 0 Å². The lowest BCUT2D eigenvalue weighted by atomic mass is 9.98. The topological polar surface area (TPSA) is 52.5 Å². The standard InChI is InChI=1S/C28H23N3O/c1-31(2)24-17-15-21(16-18-24)10-9-19-30-28-25(20-29)26(22-11-5-3-6-12-22)27(32-28)23-13-7-4-8-14-23/h3-19H,1-2H3. The summed E-state index contributed by atoms with van der Waals surface area (Å²) in [5, 5.41) is 9.92. The molecule has 0 amide bonds. The van der Waals surface area contributed by atoms with Crippen molar-refractivity contribution >= 4 is 23.9 Å². The lowest BCUT2D eigenvalue weighted by Crippen LogP contribution is -2.07. The second-order valence-corrected chi connectivity index (χ2v) is 7.45. The first-order valence-corrected chi connectivity index (χ1v) is 10.3. The zero-order valence-electron chi connectivity index (χ0n) is 18.1. The van der Waals surface area contributed by atoms with Gasteiger partial charge in [-0.05, 0) is 29.3 Å². The average Bonchev–Trinajstić information content (AvgIpc) is 3.21. The highest BCUT2D eigenvalue weighted by molar-refractivity contribution is 5.89. The minimum atomic E-state index is 0.304. The number of anilines is 1. The third-order valence-electron chi connectivity index (χ3n) is 5.08. The lowest BCUT2D eigenvalue weighted by molar-refractivity contribution is 0.593. The van der Waals surface area contributed by atoms with Gasteiger partial charge in [0.25, 0.3) is 0 Å². The smallest absolute Gasteiger partial charge is 0.238 e. The summed E-state index contributed by atoms with van der Waals surface area (Å²) in [5.41, 5.74) is 5.22. The first-order chi connectivity index (χ1) is 15.7. The number of rotatable bonds is 6. The van der Waals surface area contributed by atoms with Crippen LogP contribution in [0.4, 0.5) is 11.6 Å². The molecule has 0 aliphatic heterocycles. The molecule has 0 spiro atoms. The molecular formula is C28H23N3O. The number of hydrogen-bond acceptors (Lipinski definition) is 4. The van der Waals surface area contributed by atoms with E-state index in [0.29, 0.717) is 17.2 Å². The van der Waals surface area contributed by atoms with Gasteiger partial charge in [-0.25, -0.2) is 4.99 Å². The highest BCUT2D eigenvalue weighted by Gasteiger charge is 2.22. The Labute approximate surface area is 188 Å². The number of aliphatic imine (C=N–C) groups is 1. The van der Waals surface area contributed by atoms with Crippen LogP contribution in [-0.4, -0.2) is 20.3 Å². The summed E-state index contributed by atoms with van der Waals surface area (Å²) in [4.78, 5) is 6.52. The molecule has 0 bridgehead atoms. The number of nitriles is 1. The Balaban J connectivity index is 1.68. The zero-order chi connectivity index (χ0) is 22.3. The maximum atomic E-state index is 9.92.